The molecule has 0 saturated carbocycles. The number of benzene rings is 1. The first-order valence-electron chi connectivity index (χ1n) is 6.33. The van der Waals surface area contributed by atoms with E-state index < -0.39 is 0 Å². The molecular weight excluding hydrogens is 212 g/mol. The van der Waals surface area contributed by atoms with E-state index in [1.54, 1.807) is 0 Å². The van der Waals surface area contributed by atoms with Crippen LogP contribution in [0.3, 0.4) is 0 Å². The molecule has 17 heavy (non-hydrogen) atoms. The molecule has 1 heterocycles. The second-order valence-corrected chi connectivity index (χ2v) is 4.62. The van der Waals surface area contributed by atoms with Crippen LogP contribution in [0.2, 0.25) is 0 Å². The van der Waals surface area contributed by atoms with Crippen LogP contribution in [0.25, 0.3) is 0 Å². The Labute approximate surface area is 103 Å². The molecule has 0 aromatic heterocycles. The van der Waals surface area contributed by atoms with Crippen molar-refractivity contribution < 1.29 is 4.79 Å². The lowest BCUT2D eigenvalue weighted by Crippen LogP contribution is -2.35. The molecule has 0 radical (unpaired) electrons. The number of nitrogens with one attached hydrogen (secondary N) is 1. The molecule has 1 aromatic rings. The van der Waals surface area contributed by atoms with Crippen LogP contribution in [-0.4, -0.2) is 29.6 Å². The van der Waals surface area contributed by atoms with Crippen molar-refractivity contribution in [1.29, 1.82) is 0 Å². The summed E-state index contributed by atoms with van der Waals surface area (Å²) in [5, 5.41) is 3.36. The van der Waals surface area contributed by atoms with Crippen LogP contribution in [0, 0.1) is 0 Å². The molecule has 1 N–H and O–H groups in total. The maximum Gasteiger partial charge on any atom is 0.241 e. The molecule has 2 rings (SSSR count). The van der Waals surface area contributed by atoms with E-state index in [4.69, 9.17) is 0 Å². The van der Waals surface area contributed by atoms with Gasteiger partial charge in [0.15, 0.2) is 0 Å². The molecule has 1 fully saturated rings. The van der Waals surface area contributed by atoms with Crippen LogP contribution in [-0.2, 0) is 11.2 Å². The highest BCUT2D eigenvalue weighted by atomic mass is 16.2. The Hall–Kier alpha value is -1.35. The topological polar surface area (TPSA) is 32.3 Å². The van der Waals surface area contributed by atoms with Gasteiger partial charge >= 0.3 is 0 Å². The van der Waals surface area contributed by atoms with Gasteiger partial charge < -0.3 is 4.90 Å². The molecule has 0 spiro atoms. The average molecular weight is 232 g/mol. The van der Waals surface area contributed by atoms with Crippen molar-refractivity contribution in [2.75, 3.05) is 6.54 Å². The number of hydrogen-bond donors (Lipinski definition) is 1. The SMILES string of the molecule is CCCN1C(=O)C(Cc2ccccc2)NC1C. The highest BCUT2D eigenvalue weighted by molar-refractivity contribution is 5.84. The molecule has 1 aromatic carbocycles. The minimum absolute atomic E-state index is 0.0565. The van der Waals surface area contributed by atoms with Gasteiger partial charge in [0, 0.05) is 6.54 Å². The second kappa shape index (κ2) is 5.32. The smallest absolute Gasteiger partial charge is 0.241 e. The third-order valence-electron chi connectivity index (χ3n) is 3.24. The maximum atomic E-state index is 12.2. The summed E-state index contributed by atoms with van der Waals surface area (Å²) in [5.74, 6) is 0.239. The molecule has 1 amide bonds. The number of nitrogens with zero attached hydrogens (tertiary/aromatic N) is 1. The quantitative estimate of drug-likeness (QED) is 0.858. The predicted molar refractivity (Wildman–Crippen MR) is 68.5 cm³/mol. The Morgan fingerprint density at radius 3 is 2.65 bits per heavy atom. The van der Waals surface area contributed by atoms with E-state index in [9.17, 15) is 4.79 Å². The summed E-state index contributed by atoms with van der Waals surface area (Å²) >= 11 is 0. The molecule has 2 unspecified atom stereocenters. The fraction of sp³-hybridized carbons (Fsp3) is 0.500. The van der Waals surface area contributed by atoms with E-state index in [0.717, 1.165) is 19.4 Å². The summed E-state index contributed by atoms with van der Waals surface area (Å²) in [6, 6.07) is 10.1. The number of carbonyl (C=O) groups is 1. The van der Waals surface area contributed by atoms with Gasteiger partial charge in [-0.2, -0.15) is 0 Å². The Balaban J connectivity index is 2.02. The van der Waals surface area contributed by atoms with Gasteiger partial charge in [-0.25, -0.2) is 0 Å². The van der Waals surface area contributed by atoms with Crippen LogP contribution >= 0.6 is 0 Å². The largest absolute Gasteiger partial charge is 0.326 e. The van der Waals surface area contributed by atoms with Crippen molar-refractivity contribution in [3.8, 4) is 0 Å². The van der Waals surface area contributed by atoms with Crippen LogP contribution in [0.5, 0.6) is 0 Å². The van der Waals surface area contributed by atoms with E-state index in [1.807, 2.05) is 23.1 Å². The van der Waals surface area contributed by atoms with Gasteiger partial charge in [0.05, 0.1) is 12.2 Å². The predicted octanol–water partition coefficient (Wildman–Crippen LogP) is 1.79. The Bertz CT molecular complexity index is 377. The maximum absolute atomic E-state index is 12.2. The first-order chi connectivity index (χ1) is 8.22. The zero-order chi connectivity index (χ0) is 12.3. The summed E-state index contributed by atoms with van der Waals surface area (Å²) in [6.07, 6.45) is 1.95. The zero-order valence-electron chi connectivity index (χ0n) is 10.5. The van der Waals surface area contributed by atoms with Crippen LogP contribution in [0.15, 0.2) is 30.3 Å². The summed E-state index contributed by atoms with van der Waals surface area (Å²) in [7, 11) is 0. The van der Waals surface area contributed by atoms with Crippen molar-refractivity contribution in [1.82, 2.24) is 10.2 Å². The van der Waals surface area contributed by atoms with E-state index >= 15 is 0 Å². The molecule has 0 aliphatic carbocycles. The fourth-order valence-electron chi connectivity index (χ4n) is 2.38. The van der Waals surface area contributed by atoms with Gasteiger partial charge in [-0.15, -0.1) is 0 Å². The standard InChI is InChI=1S/C14H20N2O/c1-3-9-16-11(2)15-13(14(16)17)10-12-7-5-4-6-8-12/h4-8,11,13,15H,3,9-10H2,1-2H3. The van der Waals surface area contributed by atoms with Gasteiger partial charge in [-0.1, -0.05) is 37.3 Å². The molecule has 92 valence electrons. The summed E-state index contributed by atoms with van der Waals surface area (Å²) in [5.41, 5.74) is 1.21. The Morgan fingerprint density at radius 1 is 1.29 bits per heavy atom. The first-order valence-corrected chi connectivity index (χ1v) is 6.33. The third-order valence-corrected chi connectivity index (χ3v) is 3.24. The Morgan fingerprint density at radius 2 is 2.00 bits per heavy atom. The molecule has 3 nitrogen and oxygen atoms in total. The molecule has 1 aliphatic rings. The lowest BCUT2D eigenvalue weighted by molar-refractivity contribution is -0.129. The molecule has 2 atom stereocenters. The Kier molecular flexibility index (Phi) is 3.79. The summed E-state index contributed by atoms with van der Waals surface area (Å²) < 4.78 is 0. The fourth-order valence-corrected chi connectivity index (χ4v) is 2.38. The minimum Gasteiger partial charge on any atom is -0.326 e. The van der Waals surface area contributed by atoms with E-state index in [1.165, 1.54) is 5.56 Å². The number of rotatable bonds is 4. The molecular formula is C14H20N2O. The normalized spacial score (nSPS) is 24.4. The third kappa shape index (κ3) is 2.67. The highest BCUT2D eigenvalue weighted by Gasteiger charge is 2.35. The van der Waals surface area contributed by atoms with E-state index in [0.29, 0.717) is 0 Å². The minimum atomic E-state index is -0.0565. The van der Waals surface area contributed by atoms with Crippen molar-refractivity contribution in [2.45, 2.75) is 38.9 Å². The second-order valence-electron chi connectivity index (χ2n) is 4.62. The monoisotopic (exact) mass is 232 g/mol. The van der Waals surface area contributed by atoms with Gasteiger partial charge in [-0.3, -0.25) is 10.1 Å². The van der Waals surface area contributed by atoms with E-state index in [2.05, 4.69) is 31.3 Å². The molecule has 3 heteroatoms. The van der Waals surface area contributed by atoms with Gasteiger partial charge in [-0.05, 0) is 25.3 Å². The number of hydrogen-bond acceptors (Lipinski definition) is 2. The lowest BCUT2D eigenvalue weighted by atomic mass is 10.1. The summed E-state index contributed by atoms with van der Waals surface area (Å²) in [4.78, 5) is 14.1. The number of amides is 1. The zero-order valence-corrected chi connectivity index (χ0v) is 10.5. The number of carbonyl (C=O) groups excluding carboxylic acids is 1. The summed E-state index contributed by atoms with van der Waals surface area (Å²) in [6.45, 7) is 5.00. The van der Waals surface area contributed by atoms with Crippen molar-refractivity contribution >= 4 is 5.91 Å². The highest BCUT2D eigenvalue weighted by Crippen LogP contribution is 2.15. The first kappa shape index (κ1) is 12.1. The van der Waals surface area contributed by atoms with Crippen LogP contribution in [0.1, 0.15) is 25.8 Å². The van der Waals surface area contributed by atoms with E-state index in [-0.39, 0.29) is 18.1 Å². The van der Waals surface area contributed by atoms with Gasteiger partial charge in [0.25, 0.3) is 0 Å². The van der Waals surface area contributed by atoms with Gasteiger partial charge in [0.2, 0.25) is 5.91 Å². The lowest BCUT2D eigenvalue weighted by Gasteiger charge is -2.19. The van der Waals surface area contributed by atoms with Crippen molar-refractivity contribution in [2.24, 2.45) is 0 Å². The molecule has 0 bridgehead atoms. The average Bonchev–Trinajstić information content (AvgIpc) is 2.59. The molecule has 1 aliphatic heterocycles. The van der Waals surface area contributed by atoms with Crippen LogP contribution < -0.4 is 5.32 Å². The van der Waals surface area contributed by atoms with Crippen LogP contribution in [0.4, 0.5) is 0 Å². The van der Waals surface area contributed by atoms with Gasteiger partial charge in [0.1, 0.15) is 0 Å². The molecule has 1 saturated heterocycles. The van der Waals surface area contributed by atoms with Crippen molar-refractivity contribution in [3.05, 3.63) is 35.9 Å². The van der Waals surface area contributed by atoms with Crippen molar-refractivity contribution in [3.63, 3.8) is 0 Å².